The van der Waals surface area contributed by atoms with Crippen LogP contribution < -0.4 is 9.47 Å². The van der Waals surface area contributed by atoms with Gasteiger partial charge < -0.3 is 19.2 Å². The van der Waals surface area contributed by atoms with Crippen LogP contribution in [-0.2, 0) is 11.3 Å². The Morgan fingerprint density at radius 3 is 2.91 bits per heavy atom. The molecule has 4 rings (SSSR count). The van der Waals surface area contributed by atoms with Gasteiger partial charge in [-0.1, -0.05) is 6.07 Å². The van der Waals surface area contributed by atoms with Gasteiger partial charge in [-0.25, -0.2) is 4.98 Å². The Morgan fingerprint density at radius 2 is 2.09 bits per heavy atom. The molecule has 2 aromatic rings. The zero-order chi connectivity index (χ0) is 15.6. The van der Waals surface area contributed by atoms with Crippen LogP contribution in [0.5, 0.6) is 11.5 Å². The highest BCUT2D eigenvalue weighted by atomic mass is 16.6. The molecule has 6 heteroatoms. The van der Waals surface area contributed by atoms with Crippen molar-refractivity contribution in [2.75, 3.05) is 32.9 Å². The Bertz CT molecular complexity index is 685. The van der Waals surface area contributed by atoms with Gasteiger partial charge in [0.05, 0.1) is 6.61 Å². The number of morpholine rings is 1. The molecule has 6 nitrogen and oxygen atoms in total. The predicted octanol–water partition coefficient (Wildman–Crippen LogP) is 2.06. The average Bonchev–Trinajstić information content (AvgIpc) is 3.02. The Morgan fingerprint density at radius 1 is 1.22 bits per heavy atom. The molecule has 0 radical (unpaired) electrons. The summed E-state index contributed by atoms with van der Waals surface area (Å²) in [5.41, 5.74) is 2.29. The molecule has 1 fully saturated rings. The number of aromatic amines is 1. The third-order valence-corrected chi connectivity index (χ3v) is 4.19. The maximum atomic E-state index is 5.86. The monoisotopic (exact) mass is 315 g/mol. The quantitative estimate of drug-likeness (QED) is 0.939. The molecule has 2 aliphatic heterocycles. The Labute approximate surface area is 135 Å². The summed E-state index contributed by atoms with van der Waals surface area (Å²) in [5, 5.41) is 0. The second-order valence-corrected chi connectivity index (χ2v) is 6.02. The number of hydrogen-bond acceptors (Lipinski definition) is 5. The zero-order valence-electron chi connectivity index (χ0n) is 13.2. The molecular formula is C17H21N3O3. The van der Waals surface area contributed by atoms with Crippen LogP contribution in [0.3, 0.4) is 0 Å². The van der Waals surface area contributed by atoms with Crippen molar-refractivity contribution in [3.63, 3.8) is 0 Å². The molecule has 0 spiro atoms. The van der Waals surface area contributed by atoms with Gasteiger partial charge in [0.25, 0.3) is 0 Å². The maximum absolute atomic E-state index is 5.86. The molecule has 0 amide bonds. The van der Waals surface area contributed by atoms with Crippen LogP contribution in [0.15, 0.2) is 24.4 Å². The van der Waals surface area contributed by atoms with Crippen molar-refractivity contribution in [3.05, 3.63) is 41.5 Å². The second-order valence-electron chi connectivity index (χ2n) is 6.02. The Kier molecular flexibility index (Phi) is 3.93. The number of benzene rings is 1. The van der Waals surface area contributed by atoms with E-state index >= 15 is 0 Å². The number of nitrogens with one attached hydrogen (secondary N) is 1. The highest BCUT2D eigenvalue weighted by molar-refractivity contribution is 5.43. The maximum Gasteiger partial charge on any atom is 0.161 e. The molecule has 1 saturated heterocycles. The van der Waals surface area contributed by atoms with Gasteiger partial charge in [-0.3, -0.25) is 4.90 Å². The van der Waals surface area contributed by atoms with E-state index < -0.39 is 0 Å². The number of fused-ring (bicyclic) bond motifs is 1. The van der Waals surface area contributed by atoms with E-state index in [0.717, 1.165) is 49.3 Å². The highest BCUT2D eigenvalue weighted by Gasteiger charge is 2.24. The van der Waals surface area contributed by atoms with Crippen molar-refractivity contribution in [2.24, 2.45) is 0 Å². The average molecular weight is 315 g/mol. The third kappa shape index (κ3) is 3.18. The van der Waals surface area contributed by atoms with Gasteiger partial charge in [0.1, 0.15) is 25.1 Å². The van der Waals surface area contributed by atoms with Crippen LogP contribution in [-0.4, -0.2) is 47.8 Å². The molecule has 0 unspecified atom stereocenters. The lowest BCUT2D eigenvalue weighted by molar-refractivity contribution is -0.0369. The minimum atomic E-state index is 0.00894. The van der Waals surface area contributed by atoms with Gasteiger partial charge in [-0.2, -0.15) is 0 Å². The van der Waals surface area contributed by atoms with Crippen LogP contribution in [0, 0.1) is 6.92 Å². The van der Waals surface area contributed by atoms with Crippen molar-refractivity contribution < 1.29 is 14.2 Å². The van der Waals surface area contributed by atoms with E-state index in [4.69, 9.17) is 14.2 Å². The first-order valence-corrected chi connectivity index (χ1v) is 8.02. The summed E-state index contributed by atoms with van der Waals surface area (Å²) in [6, 6.07) is 6.18. The topological polar surface area (TPSA) is 59.6 Å². The Balaban J connectivity index is 1.44. The molecule has 0 aliphatic carbocycles. The van der Waals surface area contributed by atoms with Crippen LogP contribution in [0.2, 0.25) is 0 Å². The van der Waals surface area contributed by atoms with Crippen molar-refractivity contribution in [1.29, 1.82) is 0 Å². The van der Waals surface area contributed by atoms with Crippen molar-refractivity contribution >= 4 is 0 Å². The lowest BCUT2D eigenvalue weighted by Gasteiger charge is -2.32. The lowest BCUT2D eigenvalue weighted by Crippen LogP contribution is -2.38. The fourth-order valence-corrected chi connectivity index (χ4v) is 3.05. The van der Waals surface area contributed by atoms with Crippen LogP contribution >= 0.6 is 0 Å². The summed E-state index contributed by atoms with van der Waals surface area (Å²) in [6.45, 7) is 6.59. The molecule has 1 atom stereocenters. The zero-order valence-corrected chi connectivity index (χ0v) is 13.2. The SMILES string of the molecule is Cc1cnc([C@H]2CN(Cc3ccc4c(c3)OCCO4)CCO2)[nH]1. The van der Waals surface area contributed by atoms with E-state index in [1.54, 1.807) is 0 Å². The summed E-state index contributed by atoms with van der Waals surface area (Å²) in [6.07, 6.45) is 1.85. The summed E-state index contributed by atoms with van der Waals surface area (Å²) in [7, 11) is 0. The molecule has 3 heterocycles. The van der Waals surface area contributed by atoms with E-state index in [-0.39, 0.29) is 6.10 Å². The largest absolute Gasteiger partial charge is 0.486 e. The molecule has 23 heavy (non-hydrogen) atoms. The normalized spacial score (nSPS) is 21.3. The molecule has 1 N–H and O–H groups in total. The number of imidazole rings is 1. The summed E-state index contributed by atoms with van der Waals surface area (Å²) in [4.78, 5) is 10.1. The van der Waals surface area contributed by atoms with E-state index in [1.807, 2.05) is 19.2 Å². The minimum Gasteiger partial charge on any atom is -0.486 e. The van der Waals surface area contributed by atoms with Gasteiger partial charge in [0.15, 0.2) is 11.5 Å². The first kappa shape index (κ1) is 14.5. The number of hydrogen-bond donors (Lipinski definition) is 1. The van der Waals surface area contributed by atoms with E-state index in [2.05, 4.69) is 27.0 Å². The Hall–Kier alpha value is -2.05. The molecule has 1 aromatic carbocycles. The molecule has 0 bridgehead atoms. The van der Waals surface area contributed by atoms with Gasteiger partial charge >= 0.3 is 0 Å². The fraction of sp³-hybridized carbons (Fsp3) is 0.471. The van der Waals surface area contributed by atoms with Gasteiger partial charge in [-0.05, 0) is 24.6 Å². The highest BCUT2D eigenvalue weighted by Crippen LogP contribution is 2.31. The lowest BCUT2D eigenvalue weighted by atomic mass is 10.1. The van der Waals surface area contributed by atoms with E-state index in [1.165, 1.54) is 5.56 Å². The fourth-order valence-electron chi connectivity index (χ4n) is 3.05. The summed E-state index contributed by atoms with van der Waals surface area (Å²) < 4.78 is 17.1. The molecule has 0 saturated carbocycles. The number of aromatic nitrogens is 2. The first-order chi connectivity index (χ1) is 11.3. The van der Waals surface area contributed by atoms with Crippen LogP contribution in [0.1, 0.15) is 23.2 Å². The number of nitrogens with zero attached hydrogens (tertiary/aromatic N) is 2. The third-order valence-electron chi connectivity index (χ3n) is 4.19. The van der Waals surface area contributed by atoms with Crippen molar-refractivity contribution in [2.45, 2.75) is 19.6 Å². The smallest absolute Gasteiger partial charge is 0.161 e. The van der Waals surface area contributed by atoms with E-state index in [0.29, 0.717) is 13.2 Å². The molecule has 122 valence electrons. The summed E-state index contributed by atoms with van der Waals surface area (Å²) in [5.74, 6) is 2.60. The second kappa shape index (κ2) is 6.22. The molecule has 2 aliphatic rings. The number of ether oxygens (including phenoxy) is 3. The van der Waals surface area contributed by atoms with E-state index in [9.17, 15) is 0 Å². The van der Waals surface area contributed by atoms with Crippen molar-refractivity contribution in [3.8, 4) is 11.5 Å². The number of aryl methyl sites for hydroxylation is 1. The first-order valence-electron chi connectivity index (χ1n) is 8.02. The van der Waals surface area contributed by atoms with Gasteiger partial charge in [-0.15, -0.1) is 0 Å². The van der Waals surface area contributed by atoms with Crippen LogP contribution in [0.4, 0.5) is 0 Å². The number of H-pyrrole nitrogens is 1. The van der Waals surface area contributed by atoms with Crippen molar-refractivity contribution in [1.82, 2.24) is 14.9 Å². The minimum absolute atomic E-state index is 0.00894. The van der Waals surface area contributed by atoms with Crippen LogP contribution in [0.25, 0.3) is 0 Å². The van der Waals surface area contributed by atoms with Gasteiger partial charge in [0, 0.05) is 31.5 Å². The van der Waals surface area contributed by atoms with Gasteiger partial charge in [0.2, 0.25) is 0 Å². The summed E-state index contributed by atoms with van der Waals surface area (Å²) >= 11 is 0. The predicted molar refractivity (Wildman–Crippen MR) is 84.7 cm³/mol. The molecular weight excluding hydrogens is 294 g/mol. The standard InChI is InChI=1S/C17H21N3O3/c1-12-9-18-17(19-12)16-11-20(4-5-21-16)10-13-2-3-14-15(8-13)23-7-6-22-14/h2-3,8-9,16H,4-7,10-11H2,1H3,(H,18,19)/t16-/m1/s1. The molecule has 1 aromatic heterocycles. The number of rotatable bonds is 3.